The summed E-state index contributed by atoms with van der Waals surface area (Å²) in [6.45, 7) is 0. The first kappa shape index (κ1) is 12.3. The van der Waals surface area contributed by atoms with E-state index < -0.39 is 4.29 Å². The van der Waals surface area contributed by atoms with E-state index in [0.29, 0.717) is 5.56 Å². The van der Waals surface area contributed by atoms with Crippen molar-refractivity contribution in [1.29, 1.82) is 0 Å². The number of alkyl halides is 2. The molecule has 0 fully saturated rings. The van der Waals surface area contributed by atoms with Crippen molar-refractivity contribution in [3.63, 3.8) is 0 Å². The minimum absolute atomic E-state index is 0.119. The molecule has 0 aliphatic heterocycles. The molecule has 0 heterocycles. The highest BCUT2D eigenvalue weighted by Crippen LogP contribution is 2.21. The smallest absolute Gasteiger partial charge is 0.191 e. The van der Waals surface area contributed by atoms with Crippen molar-refractivity contribution >= 4 is 33.3 Å². The van der Waals surface area contributed by atoms with Crippen LogP contribution < -0.4 is 0 Å². The van der Waals surface area contributed by atoms with Gasteiger partial charge in [-0.15, -0.1) is 11.6 Å². The highest BCUT2D eigenvalue weighted by molar-refractivity contribution is 9.10. The molecule has 0 aliphatic rings. The molecule has 1 unspecified atom stereocenters. The van der Waals surface area contributed by atoms with Gasteiger partial charge in [0.2, 0.25) is 0 Å². The molecule has 0 aliphatic carbocycles. The van der Waals surface area contributed by atoms with E-state index in [4.69, 9.17) is 11.6 Å². The van der Waals surface area contributed by atoms with Gasteiger partial charge in [-0.05, 0) is 11.1 Å². The number of carbonyl (C=O) groups excluding carboxylic acids is 1. The molecular formula is C14H10BrClO. The lowest BCUT2D eigenvalue weighted by molar-refractivity contribution is 0.101. The molecule has 0 saturated heterocycles. The third-order valence-electron chi connectivity index (χ3n) is 2.47. The largest absolute Gasteiger partial charge is 0.292 e. The Balaban J connectivity index is 2.28. The second kappa shape index (κ2) is 5.48. The fraction of sp³-hybridized carbons (Fsp3) is 0.0714. The van der Waals surface area contributed by atoms with Crippen LogP contribution in [0.1, 0.15) is 10.4 Å². The van der Waals surface area contributed by atoms with E-state index in [2.05, 4.69) is 15.9 Å². The molecule has 17 heavy (non-hydrogen) atoms. The van der Waals surface area contributed by atoms with Gasteiger partial charge >= 0.3 is 0 Å². The molecule has 0 aromatic heterocycles. The molecule has 0 amide bonds. The Morgan fingerprint density at radius 2 is 1.47 bits per heavy atom. The van der Waals surface area contributed by atoms with Gasteiger partial charge in [0.15, 0.2) is 10.1 Å². The summed E-state index contributed by atoms with van der Waals surface area (Å²) in [5.41, 5.74) is 2.83. The molecule has 0 saturated carbocycles. The first-order chi connectivity index (χ1) is 8.18. The standard InChI is InChI=1S/C14H10BrClO/c15-14(16)13(17)12-8-6-11(7-9-12)10-4-2-1-3-5-10/h1-9,14H. The zero-order chi connectivity index (χ0) is 12.3. The number of rotatable bonds is 3. The summed E-state index contributed by atoms with van der Waals surface area (Å²) in [5.74, 6) is -0.119. The summed E-state index contributed by atoms with van der Waals surface area (Å²) in [6, 6.07) is 17.5. The van der Waals surface area contributed by atoms with E-state index in [9.17, 15) is 4.79 Å². The van der Waals surface area contributed by atoms with Crippen molar-refractivity contribution in [3.8, 4) is 11.1 Å². The Labute approximate surface area is 114 Å². The Bertz CT molecular complexity index is 506. The molecule has 0 bridgehead atoms. The van der Waals surface area contributed by atoms with Crippen molar-refractivity contribution in [3.05, 3.63) is 60.2 Å². The van der Waals surface area contributed by atoms with Gasteiger partial charge in [0.05, 0.1) is 0 Å². The maximum Gasteiger partial charge on any atom is 0.191 e. The zero-order valence-corrected chi connectivity index (χ0v) is 11.3. The van der Waals surface area contributed by atoms with Crippen molar-refractivity contribution < 1.29 is 4.79 Å². The number of hydrogen-bond acceptors (Lipinski definition) is 1. The average molecular weight is 310 g/mol. The van der Waals surface area contributed by atoms with Crippen LogP contribution in [0.5, 0.6) is 0 Å². The van der Waals surface area contributed by atoms with Crippen LogP contribution in [0.15, 0.2) is 54.6 Å². The molecule has 0 spiro atoms. The van der Waals surface area contributed by atoms with E-state index in [1.165, 1.54) is 0 Å². The Hall–Kier alpha value is -1.12. The van der Waals surface area contributed by atoms with E-state index in [1.54, 1.807) is 12.1 Å². The molecule has 2 aromatic rings. The van der Waals surface area contributed by atoms with Crippen LogP contribution in [0.4, 0.5) is 0 Å². The summed E-state index contributed by atoms with van der Waals surface area (Å²) in [5, 5.41) is 0. The molecule has 3 heteroatoms. The summed E-state index contributed by atoms with van der Waals surface area (Å²) < 4.78 is -0.662. The number of Topliss-reactive ketones (excluding diaryl/α,β-unsaturated/α-hetero) is 1. The van der Waals surface area contributed by atoms with Gasteiger partial charge in [-0.2, -0.15) is 0 Å². The van der Waals surface area contributed by atoms with Crippen LogP contribution in [-0.2, 0) is 0 Å². The van der Waals surface area contributed by atoms with Crippen LogP contribution in [0.25, 0.3) is 11.1 Å². The van der Waals surface area contributed by atoms with Gasteiger partial charge in [-0.25, -0.2) is 0 Å². The first-order valence-electron chi connectivity index (χ1n) is 5.16. The first-order valence-corrected chi connectivity index (χ1v) is 6.51. The highest BCUT2D eigenvalue weighted by atomic mass is 79.9. The number of hydrogen-bond donors (Lipinski definition) is 0. The molecular weight excluding hydrogens is 300 g/mol. The normalized spacial score (nSPS) is 12.1. The Morgan fingerprint density at radius 3 is 2.00 bits per heavy atom. The van der Waals surface area contributed by atoms with Gasteiger partial charge in [0, 0.05) is 5.56 Å². The lowest BCUT2D eigenvalue weighted by Gasteiger charge is -2.04. The summed E-state index contributed by atoms with van der Waals surface area (Å²) in [6.07, 6.45) is 0. The van der Waals surface area contributed by atoms with Crippen LogP contribution in [0, 0.1) is 0 Å². The maximum absolute atomic E-state index is 11.6. The van der Waals surface area contributed by atoms with Gasteiger partial charge in [0.1, 0.15) is 0 Å². The van der Waals surface area contributed by atoms with Crippen molar-refractivity contribution in [2.24, 2.45) is 0 Å². The van der Waals surface area contributed by atoms with E-state index in [0.717, 1.165) is 11.1 Å². The zero-order valence-electron chi connectivity index (χ0n) is 8.94. The third kappa shape index (κ3) is 2.96. The fourth-order valence-electron chi connectivity index (χ4n) is 1.58. The van der Waals surface area contributed by atoms with Crippen LogP contribution in [0.2, 0.25) is 0 Å². The SMILES string of the molecule is O=C(c1ccc(-c2ccccc2)cc1)C(Cl)Br. The second-order valence-electron chi connectivity index (χ2n) is 3.61. The fourth-order valence-corrected chi connectivity index (χ4v) is 1.97. The summed E-state index contributed by atoms with van der Waals surface area (Å²) in [7, 11) is 0. The molecule has 0 radical (unpaired) electrons. The minimum Gasteiger partial charge on any atom is -0.292 e. The van der Waals surface area contributed by atoms with Gasteiger partial charge < -0.3 is 0 Å². The summed E-state index contributed by atoms with van der Waals surface area (Å²) >= 11 is 8.74. The topological polar surface area (TPSA) is 17.1 Å². The predicted octanol–water partition coefficient (Wildman–Crippen LogP) is 4.50. The number of carbonyl (C=O) groups is 1. The van der Waals surface area contributed by atoms with Crippen LogP contribution in [-0.4, -0.2) is 10.1 Å². The highest BCUT2D eigenvalue weighted by Gasteiger charge is 2.13. The molecule has 86 valence electrons. The van der Waals surface area contributed by atoms with Crippen molar-refractivity contribution in [2.75, 3.05) is 0 Å². The van der Waals surface area contributed by atoms with E-state index in [1.807, 2.05) is 42.5 Å². The monoisotopic (exact) mass is 308 g/mol. The van der Waals surface area contributed by atoms with Crippen LogP contribution in [0.3, 0.4) is 0 Å². The van der Waals surface area contributed by atoms with E-state index in [-0.39, 0.29) is 5.78 Å². The summed E-state index contributed by atoms with van der Waals surface area (Å²) in [4.78, 5) is 11.6. The molecule has 0 N–H and O–H groups in total. The minimum atomic E-state index is -0.662. The maximum atomic E-state index is 11.6. The van der Waals surface area contributed by atoms with Crippen molar-refractivity contribution in [2.45, 2.75) is 4.29 Å². The number of ketones is 1. The molecule has 2 aromatic carbocycles. The molecule has 1 atom stereocenters. The average Bonchev–Trinajstić information content (AvgIpc) is 2.39. The molecule has 2 rings (SSSR count). The van der Waals surface area contributed by atoms with Gasteiger partial charge in [0.25, 0.3) is 0 Å². The predicted molar refractivity (Wildman–Crippen MR) is 74.8 cm³/mol. The van der Waals surface area contributed by atoms with Gasteiger partial charge in [-0.3, -0.25) is 4.79 Å². The second-order valence-corrected chi connectivity index (χ2v) is 5.49. The quantitative estimate of drug-likeness (QED) is 0.603. The number of benzene rings is 2. The van der Waals surface area contributed by atoms with E-state index >= 15 is 0 Å². The molecule has 1 nitrogen and oxygen atoms in total. The lowest BCUT2D eigenvalue weighted by Crippen LogP contribution is -2.06. The Morgan fingerprint density at radius 1 is 0.941 bits per heavy atom. The number of halogens is 2. The van der Waals surface area contributed by atoms with Crippen molar-refractivity contribution in [1.82, 2.24) is 0 Å². The Kier molecular flexibility index (Phi) is 3.97. The third-order valence-corrected chi connectivity index (χ3v) is 3.09. The lowest BCUT2D eigenvalue weighted by atomic mass is 10.0. The van der Waals surface area contributed by atoms with Gasteiger partial charge in [-0.1, -0.05) is 70.5 Å². The van der Waals surface area contributed by atoms with Crippen LogP contribution >= 0.6 is 27.5 Å².